The molecule has 2 saturated carbocycles. The number of hydrogen-bond acceptors (Lipinski definition) is 7. The van der Waals surface area contributed by atoms with Gasteiger partial charge in [0.25, 0.3) is 0 Å². The van der Waals surface area contributed by atoms with Crippen LogP contribution in [0.3, 0.4) is 0 Å². The van der Waals surface area contributed by atoms with E-state index in [1.165, 1.54) is 20.0 Å². The fourth-order valence-corrected chi connectivity index (χ4v) is 7.07. The zero-order chi connectivity index (χ0) is 23.0. The van der Waals surface area contributed by atoms with Crippen molar-refractivity contribution in [3.8, 4) is 11.5 Å². The fraction of sp³-hybridized carbons (Fsp3) is 0.600. The van der Waals surface area contributed by atoms with Gasteiger partial charge in [0.1, 0.15) is 6.10 Å². The average Bonchev–Trinajstić information content (AvgIpc) is 3.54. The highest BCUT2D eigenvalue weighted by molar-refractivity contribution is 5.94. The molecule has 3 fully saturated rings. The van der Waals surface area contributed by atoms with Crippen molar-refractivity contribution < 1.29 is 29.3 Å². The smallest absolute Gasteiger partial charge is 0.330 e. The highest BCUT2D eigenvalue weighted by atomic mass is 16.5. The molecule has 2 heterocycles. The molecule has 1 saturated heterocycles. The molecule has 8 heteroatoms. The maximum Gasteiger partial charge on any atom is 0.330 e. The highest BCUT2D eigenvalue weighted by Crippen LogP contribution is 2.65. The van der Waals surface area contributed by atoms with Crippen LogP contribution in [0.4, 0.5) is 0 Å². The molecule has 1 unspecified atom stereocenters. The Morgan fingerprint density at radius 1 is 1.27 bits per heavy atom. The SMILES string of the molecule is COC(=O)/C=C/C(=O)N[C@H]1CCC2(O)[C@H]3Cc4ccc(O)c5c4[C@@]2(CCN3CC2CC2)[C@H]1O5. The maximum atomic E-state index is 12.6. The van der Waals surface area contributed by atoms with Crippen molar-refractivity contribution in [3.63, 3.8) is 0 Å². The number of phenolic OH excluding ortho intramolecular Hbond substituents is 1. The number of carbonyl (C=O) groups excluding carboxylic acids is 2. The number of nitrogens with zero attached hydrogens (tertiary/aromatic N) is 1. The van der Waals surface area contributed by atoms with E-state index < -0.39 is 29.0 Å². The lowest BCUT2D eigenvalue weighted by atomic mass is 9.48. The minimum absolute atomic E-state index is 0.00295. The number of esters is 1. The first kappa shape index (κ1) is 21.0. The van der Waals surface area contributed by atoms with E-state index in [0.29, 0.717) is 25.0 Å². The number of likely N-dealkylation sites (tertiary alicyclic amines) is 1. The number of nitrogens with one attached hydrogen (secondary N) is 1. The quantitative estimate of drug-likeness (QED) is 0.453. The fourth-order valence-electron chi connectivity index (χ4n) is 7.07. The van der Waals surface area contributed by atoms with Gasteiger partial charge in [-0.05, 0) is 62.6 Å². The molecule has 5 aliphatic rings. The van der Waals surface area contributed by atoms with Crippen molar-refractivity contribution in [1.29, 1.82) is 0 Å². The van der Waals surface area contributed by atoms with Gasteiger partial charge in [-0.25, -0.2) is 4.79 Å². The van der Waals surface area contributed by atoms with Gasteiger partial charge in [0.15, 0.2) is 11.5 Å². The van der Waals surface area contributed by atoms with Gasteiger partial charge in [0.05, 0.1) is 24.2 Å². The van der Waals surface area contributed by atoms with Crippen LogP contribution in [0, 0.1) is 5.92 Å². The Morgan fingerprint density at radius 3 is 2.85 bits per heavy atom. The summed E-state index contributed by atoms with van der Waals surface area (Å²) in [5.41, 5.74) is 0.390. The third-order valence-electron chi connectivity index (χ3n) is 8.66. The van der Waals surface area contributed by atoms with E-state index in [1.54, 1.807) is 6.07 Å². The normalized spacial score (nSPS) is 36.2. The Balaban J connectivity index is 1.38. The molecule has 1 aromatic carbocycles. The van der Waals surface area contributed by atoms with Crippen LogP contribution in [0.1, 0.15) is 43.2 Å². The number of hydrogen-bond donors (Lipinski definition) is 3. The summed E-state index contributed by atoms with van der Waals surface area (Å²) in [7, 11) is 1.26. The van der Waals surface area contributed by atoms with E-state index in [2.05, 4.69) is 15.0 Å². The third kappa shape index (κ3) is 2.89. The van der Waals surface area contributed by atoms with E-state index >= 15 is 0 Å². The zero-order valence-corrected chi connectivity index (χ0v) is 18.8. The number of phenols is 1. The number of methoxy groups -OCH3 is 1. The number of amides is 1. The molecule has 3 aliphatic carbocycles. The number of carbonyl (C=O) groups is 2. The van der Waals surface area contributed by atoms with Crippen molar-refractivity contribution >= 4 is 11.9 Å². The Labute approximate surface area is 192 Å². The standard InChI is InChI=1S/C25H30N2O6/c1-32-20(30)7-6-19(29)26-16-8-9-25(31)18-12-15-4-5-17(28)22-21(15)24(25,23(16)33-22)10-11-27(18)13-14-2-3-14/h4-7,14,16,18,23,28,31H,2-3,8-13H2,1H3,(H,26,29)/b7-6+/t16-,18+,23-,24-,25?/m0/s1. The van der Waals surface area contributed by atoms with Gasteiger partial charge < -0.3 is 25.0 Å². The molecular formula is C25H30N2O6. The second kappa shape index (κ2) is 7.21. The van der Waals surface area contributed by atoms with Gasteiger partial charge >= 0.3 is 5.97 Å². The second-order valence-electron chi connectivity index (χ2n) is 10.3. The van der Waals surface area contributed by atoms with Gasteiger partial charge in [-0.1, -0.05) is 6.07 Å². The number of benzene rings is 1. The van der Waals surface area contributed by atoms with Crippen LogP contribution in [0.5, 0.6) is 11.5 Å². The summed E-state index contributed by atoms with van der Waals surface area (Å²) >= 11 is 0. The molecular weight excluding hydrogens is 424 g/mol. The summed E-state index contributed by atoms with van der Waals surface area (Å²) < 4.78 is 11.0. The summed E-state index contributed by atoms with van der Waals surface area (Å²) in [6, 6.07) is 3.29. The number of piperidine rings is 1. The van der Waals surface area contributed by atoms with Crippen LogP contribution in [-0.4, -0.2) is 71.0 Å². The van der Waals surface area contributed by atoms with Crippen molar-refractivity contribution in [2.24, 2.45) is 5.92 Å². The van der Waals surface area contributed by atoms with Crippen LogP contribution in [0.2, 0.25) is 0 Å². The first-order valence-corrected chi connectivity index (χ1v) is 11.9. The van der Waals surface area contributed by atoms with Gasteiger partial charge in [-0.3, -0.25) is 9.69 Å². The Kier molecular flexibility index (Phi) is 4.58. The Hall–Kier alpha value is -2.58. The second-order valence-corrected chi connectivity index (χ2v) is 10.3. The van der Waals surface area contributed by atoms with Crippen LogP contribution >= 0.6 is 0 Å². The van der Waals surface area contributed by atoms with Crippen LogP contribution in [-0.2, 0) is 26.2 Å². The first-order chi connectivity index (χ1) is 15.9. The van der Waals surface area contributed by atoms with E-state index in [-0.39, 0.29) is 17.8 Å². The Morgan fingerprint density at radius 2 is 2.09 bits per heavy atom. The lowest BCUT2D eigenvalue weighted by Crippen LogP contribution is -2.78. The lowest BCUT2D eigenvalue weighted by molar-refractivity contribution is -0.192. The summed E-state index contributed by atoms with van der Waals surface area (Å²) in [4.78, 5) is 26.4. The number of aromatic hydroxyl groups is 1. The van der Waals surface area contributed by atoms with E-state index in [9.17, 15) is 19.8 Å². The van der Waals surface area contributed by atoms with Gasteiger partial charge in [0, 0.05) is 30.3 Å². The molecule has 0 aromatic heterocycles. The van der Waals surface area contributed by atoms with E-state index in [1.807, 2.05) is 6.07 Å². The van der Waals surface area contributed by atoms with Gasteiger partial charge in [0.2, 0.25) is 5.91 Å². The predicted molar refractivity (Wildman–Crippen MR) is 118 cm³/mol. The predicted octanol–water partition coefficient (Wildman–Crippen LogP) is 1.17. The minimum atomic E-state index is -0.986. The molecule has 5 atom stereocenters. The molecule has 1 spiro atoms. The molecule has 8 nitrogen and oxygen atoms in total. The molecule has 33 heavy (non-hydrogen) atoms. The maximum absolute atomic E-state index is 12.6. The molecule has 0 radical (unpaired) electrons. The highest BCUT2D eigenvalue weighted by Gasteiger charge is 2.73. The summed E-state index contributed by atoms with van der Waals surface area (Å²) in [6.07, 6.45) is 6.84. The van der Waals surface area contributed by atoms with Crippen LogP contribution in [0.25, 0.3) is 0 Å². The van der Waals surface area contributed by atoms with Crippen molar-refractivity contribution in [2.75, 3.05) is 20.2 Å². The summed E-state index contributed by atoms with van der Waals surface area (Å²) in [5, 5.41) is 26.0. The summed E-state index contributed by atoms with van der Waals surface area (Å²) in [5.74, 6) is 0.256. The van der Waals surface area contributed by atoms with E-state index in [4.69, 9.17) is 4.74 Å². The largest absolute Gasteiger partial charge is 0.504 e. The minimum Gasteiger partial charge on any atom is -0.504 e. The topological polar surface area (TPSA) is 108 Å². The lowest BCUT2D eigenvalue weighted by Gasteiger charge is -2.64. The first-order valence-electron chi connectivity index (χ1n) is 11.9. The molecule has 2 bridgehead atoms. The monoisotopic (exact) mass is 454 g/mol. The van der Waals surface area contributed by atoms with Crippen molar-refractivity contribution in [2.45, 2.75) is 67.7 Å². The molecule has 1 aromatic rings. The molecule has 3 N–H and O–H groups in total. The number of aliphatic hydroxyl groups is 1. The zero-order valence-electron chi connectivity index (χ0n) is 18.8. The average molecular weight is 455 g/mol. The molecule has 176 valence electrons. The number of ether oxygens (including phenoxy) is 2. The third-order valence-corrected chi connectivity index (χ3v) is 8.66. The van der Waals surface area contributed by atoms with Gasteiger partial charge in [-0.15, -0.1) is 0 Å². The van der Waals surface area contributed by atoms with Gasteiger partial charge in [-0.2, -0.15) is 0 Å². The molecule has 1 amide bonds. The van der Waals surface area contributed by atoms with Crippen molar-refractivity contribution in [1.82, 2.24) is 10.2 Å². The Bertz CT molecular complexity index is 1050. The number of rotatable bonds is 5. The van der Waals surface area contributed by atoms with Crippen molar-refractivity contribution in [3.05, 3.63) is 35.4 Å². The van der Waals surface area contributed by atoms with E-state index in [0.717, 1.165) is 48.7 Å². The molecule has 6 rings (SSSR count). The van der Waals surface area contributed by atoms with Crippen LogP contribution < -0.4 is 10.1 Å². The van der Waals surface area contributed by atoms with Crippen LogP contribution in [0.15, 0.2) is 24.3 Å². The molecule has 2 aliphatic heterocycles. The summed E-state index contributed by atoms with van der Waals surface area (Å²) in [6.45, 7) is 1.88.